The maximum atomic E-state index is 13.3. The van der Waals surface area contributed by atoms with Crippen LogP contribution >= 0.6 is 0 Å². The highest BCUT2D eigenvalue weighted by molar-refractivity contribution is 7.92. The fourth-order valence-electron chi connectivity index (χ4n) is 3.38. The third kappa shape index (κ3) is 7.99. The second kappa shape index (κ2) is 12.1. The van der Waals surface area contributed by atoms with Crippen molar-refractivity contribution in [2.75, 3.05) is 10.7 Å². The Morgan fingerprint density at radius 2 is 1.73 bits per heavy atom. The molecule has 1 heterocycles. The summed E-state index contributed by atoms with van der Waals surface area (Å²) in [5.41, 5.74) is 4.97. The second-order valence-corrected chi connectivity index (χ2v) is 9.89. The predicted octanol–water partition coefficient (Wildman–Crippen LogP) is 2.77. The van der Waals surface area contributed by atoms with Crippen LogP contribution in [0.4, 0.5) is 5.82 Å². The van der Waals surface area contributed by atoms with Gasteiger partial charge in [0.1, 0.15) is 0 Å². The Morgan fingerprint density at radius 3 is 2.27 bits per heavy atom. The van der Waals surface area contributed by atoms with Gasteiger partial charge in [-0.15, -0.1) is 0 Å². The van der Waals surface area contributed by atoms with Gasteiger partial charge in [0.25, 0.3) is 10.0 Å². The molecule has 9 nitrogen and oxygen atoms in total. The van der Waals surface area contributed by atoms with Crippen LogP contribution in [0.15, 0.2) is 60.8 Å². The number of aromatic nitrogens is 1. The van der Waals surface area contributed by atoms with Crippen LogP contribution < -0.4 is 15.3 Å². The summed E-state index contributed by atoms with van der Waals surface area (Å²) in [6, 6.07) is 14.1. The van der Waals surface area contributed by atoms with E-state index in [4.69, 9.17) is 0 Å². The van der Waals surface area contributed by atoms with E-state index >= 15 is 0 Å². The third-order valence-electron chi connectivity index (χ3n) is 4.90. The average Bonchev–Trinajstić information content (AvgIpc) is 2.78. The van der Waals surface area contributed by atoms with Gasteiger partial charge >= 0.3 is 0 Å². The number of carbonyl (C=O) groups excluding carboxylic acids is 2. The van der Waals surface area contributed by atoms with E-state index < -0.39 is 33.7 Å². The number of carbonyl (C=O) groups is 2. The van der Waals surface area contributed by atoms with Gasteiger partial charge in [0.2, 0.25) is 11.8 Å². The lowest BCUT2D eigenvalue weighted by molar-refractivity contribution is -0.140. The van der Waals surface area contributed by atoms with Crippen molar-refractivity contribution in [3.8, 4) is 0 Å². The van der Waals surface area contributed by atoms with Gasteiger partial charge in [-0.05, 0) is 36.5 Å². The van der Waals surface area contributed by atoms with E-state index in [0.717, 1.165) is 11.8 Å². The van der Waals surface area contributed by atoms with Crippen molar-refractivity contribution in [1.82, 2.24) is 15.9 Å². The normalized spacial score (nSPS) is 13.5. The Morgan fingerprint density at radius 1 is 1.06 bits per heavy atom. The molecule has 0 saturated carbocycles. The summed E-state index contributed by atoms with van der Waals surface area (Å²) < 4.78 is 25.4. The van der Waals surface area contributed by atoms with Crippen LogP contribution in [0.5, 0.6) is 0 Å². The lowest BCUT2D eigenvalue weighted by Crippen LogP contribution is -2.51. The van der Waals surface area contributed by atoms with Gasteiger partial charge in [0.15, 0.2) is 5.82 Å². The number of hydrogen-bond donors (Lipinski definition) is 3. The standard InChI is InChI=1S/C23H30N4O5S/c1-17(2)16-20(19(23(29)26-30)13-9-12-18-10-5-4-6-11-18)22(28)25-27(33(3,31)32)21-14-7-8-15-24-21/h4-12,14-15,17,19-20,30H,13,16H2,1-3H3,(H,25,28)(H,26,29)/t19-,20+/m0/s1. The van der Waals surface area contributed by atoms with Crippen LogP contribution in [-0.2, 0) is 19.6 Å². The highest BCUT2D eigenvalue weighted by atomic mass is 32.2. The van der Waals surface area contributed by atoms with E-state index in [1.54, 1.807) is 23.7 Å². The number of hydrogen-bond acceptors (Lipinski definition) is 6. The van der Waals surface area contributed by atoms with Crippen LogP contribution in [0.2, 0.25) is 0 Å². The minimum Gasteiger partial charge on any atom is -0.289 e. The number of nitrogens with zero attached hydrogens (tertiary/aromatic N) is 2. The number of benzene rings is 1. The number of anilines is 1. The molecule has 0 unspecified atom stereocenters. The Labute approximate surface area is 194 Å². The van der Waals surface area contributed by atoms with Gasteiger partial charge in [-0.2, -0.15) is 4.41 Å². The molecule has 2 atom stereocenters. The Kier molecular flexibility index (Phi) is 9.56. The largest absolute Gasteiger partial charge is 0.289 e. The number of hydroxylamine groups is 1. The van der Waals surface area contributed by atoms with Crippen LogP contribution in [0.3, 0.4) is 0 Å². The topological polar surface area (TPSA) is 129 Å². The summed E-state index contributed by atoms with van der Waals surface area (Å²) in [5.74, 6) is -3.19. The lowest BCUT2D eigenvalue weighted by Gasteiger charge is -2.29. The summed E-state index contributed by atoms with van der Waals surface area (Å²) in [6.07, 6.45) is 6.38. The van der Waals surface area contributed by atoms with E-state index in [-0.39, 0.29) is 18.2 Å². The predicted molar refractivity (Wildman–Crippen MR) is 126 cm³/mol. The summed E-state index contributed by atoms with van der Waals surface area (Å²) in [5, 5.41) is 9.30. The number of rotatable bonds is 11. The van der Waals surface area contributed by atoms with E-state index in [1.165, 1.54) is 12.3 Å². The molecule has 10 heteroatoms. The number of allylic oxidation sites excluding steroid dienone is 1. The minimum atomic E-state index is -3.90. The summed E-state index contributed by atoms with van der Waals surface area (Å²) >= 11 is 0. The van der Waals surface area contributed by atoms with Gasteiger partial charge in [-0.25, -0.2) is 18.9 Å². The molecule has 0 aliphatic heterocycles. The molecule has 0 saturated heterocycles. The van der Waals surface area contributed by atoms with Gasteiger partial charge in [0, 0.05) is 6.20 Å². The third-order valence-corrected chi connectivity index (χ3v) is 5.84. The molecule has 2 rings (SSSR count). The van der Waals surface area contributed by atoms with Crippen molar-refractivity contribution in [3.63, 3.8) is 0 Å². The fraction of sp³-hybridized carbons (Fsp3) is 0.348. The molecule has 0 fully saturated rings. The van der Waals surface area contributed by atoms with Crippen molar-refractivity contribution in [2.24, 2.45) is 17.8 Å². The molecule has 1 aromatic carbocycles. The number of amides is 2. The van der Waals surface area contributed by atoms with Crippen molar-refractivity contribution in [1.29, 1.82) is 0 Å². The monoisotopic (exact) mass is 474 g/mol. The zero-order valence-electron chi connectivity index (χ0n) is 18.9. The first kappa shape index (κ1) is 26.0. The number of nitrogens with one attached hydrogen (secondary N) is 2. The summed E-state index contributed by atoms with van der Waals surface area (Å²) in [4.78, 5) is 29.8. The van der Waals surface area contributed by atoms with Gasteiger partial charge in [-0.3, -0.25) is 20.2 Å². The van der Waals surface area contributed by atoms with Crippen LogP contribution in [0, 0.1) is 17.8 Å². The van der Waals surface area contributed by atoms with Crippen LogP contribution in [-0.4, -0.2) is 36.7 Å². The number of sulfonamides is 1. The van der Waals surface area contributed by atoms with Gasteiger partial charge < -0.3 is 0 Å². The Bertz CT molecular complexity index is 1040. The molecule has 0 aliphatic carbocycles. The molecular formula is C23H30N4O5S. The molecule has 2 aromatic rings. The molecule has 0 radical (unpaired) electrons. The van der Waals surface area contributed by atoms with Crippen molar-refractivity contribution in [3.05, 3.63) is 66.4 Å². The molecule has 1 aromatic heterocycles. The van der Waals surface area contributed by atoms with Crippen LogP contribution in [0.25, 0.3) is 6.08 Å². The van der Waals surface area contributed by atoms with Crippen molar-refractivity contribution >= 4 is 33.7 Å². The number of hydrazine groups is 1. The molecule has 3 N–H and O–H groups in total. The highest BCUT2D eigenvalue weighted by Gasteiger charge is 2.35. The van der Waals surface area contributed by atoms with E-state index in [9.17, 15) is 23.2 Å². The highest BCUT2D eigenvalue weighted by Crippen LogP contribution is 2.26. The van der Waals surface area contributed by atoms with E-state index in [1.807, 2.05) is 50.3 Å². The smallest absolute Gasteiger partial charge is 0.251 e. The first-order chi connectivity index (χ1) is 15.6. The summed E-state index contributed by atoms with van der Waals surface area (Å²) in [7, 11) is -3.90. The summed E-state index contributed by atoms with van der Waals surface area (Å²) in [6.45, 7) is 3.78. The fourth-order valence-corrected chi connectivity index (χ4v) is 4.08. The maximum absolute atomic E-state index is 13.3. The minimum absolute atomic E-state index is 0.0174. The average molecular weight is 475 g/mol. The molecule has 0 bridgehead atoms. The van der Waals surface area contributed by atoms with Crippen molar-refractivity contribution < 1.29 is 23.2 Å². The van der Waals surface area contributed by atoms with Crippen molar-refractivity contribution in [2.45, 2.75) is 26.7 Å². The second-order valence-electron chi connectivity index (χ2n) is 8.06. The van der Waals surface area contributed by atoms with Gasteiger partial charge in [-0.1, -0.05) is 62.4 Å². The van der Waals surface area contributed by atoms with Gasteiger partial charge in [0.05, 0.1) is 18.1 Å². The molecule has 33 heavy (non-hydrogen) atoms. The Hall–Kier alpha value is -3.24. The zero-order chi connectivity index (χ0) is 24.4. The first-order valence-corrected chi connectivity index (χ1v) is 12.4. The number of pyridine rings is 1. The molecule has 0 aliphatic rings. The van der Waals surface area contributed by atoms with E-state index in [2.05, 4.69) is 10.4 Å². The zero-order valence-corrected chi connectivity index (χ0v) is 19.7. The lowest BCUT2D eigenvalue weighted by atomic mass is 9.82. The SMILES string of the molecule is CC(C)C[C@@H](C(=O)NN(c1ccccn1)S(C)(=O)=O)[C@H](CC=Cc1ccccc1)C(=O)NO. The molecule has 178 valence electrons. The maximum Gasteiger partial charge on any atom is 0.251 e. The Balaban J connectivity index is 2.33. The van der Waals surface area contributed by atoms with E-state index in [0.29, 0.717) is 10.8 Å². The quantitative estimate of drug-likeness (QED) is 0.339. The first-order valence-electron chi connectivity index (χ1n) is 10.5. The molecule has 2 amide bonds. The molecular weight excluding hydrogens is 444 g/mol. The van der Waals surface area contributed by atoms with Crippen LogP contribution in [0.1, 0.15) is 32.3 Å². The molecule has 0 spiro atoms.